The molecule has 2 fully saturated rings. The Morgan fingerprint density at radius 3 is 2.57 bits per heavy atom. The van der Waals surface area contributed by atoms with Gasteiger partial charge in [0.2, 0.25) is 0 Å². The third-order valence-corrected chi connectivity index (χ3v) is 7.66. The lowest BCUT2D eigenvalue weighted by molar-refractivity contribution is -0.123. The Hall–Kier alpha value is -3.72. The number of imidazole rings is 1. The topological polar surface area (TPSA) is 95.7 Å². The van der Waals surface area contributed by atoms with Crippen LogP contribution in [0, 0.1) is 5.92 Å². The van der Waals surface area contributed by atoms with Crippen molar-refractivity contribution in [2.75, 3.05) is 6.54 Å². The van der Waals surface area contributed by atoms with E-state index in [1.807, 2.05) is 17.5 Å². The number of benzene rings is 1. The number of carbonyl (C=O) groups excluding carboxylic acids is 2. The van der Waals surface area contributed by atoms with Crippen molar-refractivity contribution >= 4 is 35.3 Å². The van der Waals surface area contributed by atoms with E-state index in [1.54, 1.807) is 52.8 Å². The highest BCUT2D eigenvalue weighted by atomic mass is 32.1. The minimum Gasteiger partial charge on any atom is -0.478 e. The molecule has 1 aliphatic carbocycles. The van der Waals surface area contributed by atoms with E-state index < -0.39 is 5.97 Å². The summed E-state index contributed by atoms with van der Waals surface area (Å²) >= 11 is 1.56. The van der Waals surface area contributed by atoms with E-state index in [0.29, 0.717) is 31.2 Å². The van der Waals surface area contributed by atoms with E-state index in [2.05, 4.69) is 16.5 Å². The molecular weight excluding hydrogens is 488 g/mol. The highest BCUT2D eigenvalue weighted by Gasteiger charge is 2.43. The molecule has 3 heterocycles. The molecule has 5 rings (SSSR count). The van der Waals surface area contributed by atoms with E-state index in [4.69, 9.17) is 0 Å². The van der Waals surface area contributed by atoms with Crippen LogP contribution in [-0.2, 0) is 24.3 Å². The molecule has 37 heavy (non-hydrogen) atoms. The van der Waals surface area contributed by atoms with Crippen LogP contribution in [-0.4, -0.2) is 48.9 Å². The lowest BCUT2D eigenvalue weighted by Crippen LogP contribution is -2.34. The average Bonchev–Trinajstić information content (AvgIpc) is 3.34. The van der Waals surface area contributed by atoms with Crippen LogP contribution in [0.2, 0.25) is 0 Å². The van der Waals surface area contributed by atoms with Gasteiger partial charge in [-0.3, -0.25) is 14.6 Å². The first kappa shape index (κ1) is 25.0. The number of hydrogen-bond acceptors (Lipinski definition) is 5. The predicted octanol–water partition coefficient (Wildman–Crippen LogP) is 5.25. The average molecular weight is 519 g/mol. The van der Waals surface area contributed by atoms with Gasteiger partial charge < -0.3 is 9.67 Å². The van der Waals surface area contributed by atoms with E-state index in [9.17, 15) is 19.5 Å². The maximum Gasteiger partial charge on any atom is 0.335 e. The van der Waals surface area contributed by atoms with Crippen LogP contribution < -0.4 is 0 Å². The molecule has 3 aromatic rings. The Balaban J connectivity index is 1.50. The number of imide groups is 1. The molecule has 1 saturated carbocycles. The van der Waals surface area contributed by atoms with Crippen LogP contribution in [0.3, 0.4) is 0 Å². The minimum atomic E-state index is -0.964. The van der Waals surface area contributed by atoms with Gasteiger partial charge in [-0.1, -0.05) is 31.5 Å². The Morgan fingerprint density at radius 2 is 1.92 bits per heavy atom. The minimum absolute atomic E-state index is 0.234. The fourth-order valence-corrected chi connectivity index (χ4v) is 5.19. The molecule has 0 radical (unpaired) electrons. The second kappa shape index (κ2) is 10.7. The van der Waals surface area contributed by atoms with Crippen molar-refractivity contribution in [2.24, 2.45) is 5.92 Å². The Morgan fingerprint density at radius 1 is 1.14 bits per heavy atom. The largest absolute Gasteiger partial charge is 0.478 e. The Bertz CT molecular complexity index is 1320. The van der Waals surface area contributed by atoms with Gasteiger partial charge in [0, 0.05) is 24.4 Å². The number of rotatable bonds is 11. The molecule has 0 bridgehead atoms. The van der Waals surface area contributed by atoms with Gasteiger partial charge in [-0.2, -0.15) is 0 Å². The van der Waals surface area contributed by atoms with Crippen LogP contribution in [0.25, 0.3) is 6.08 Å². The molecule has 1 N–H and O–H groups in total. The van der Waals surface area contributed by atoms with Gasteiger partial charge in [-0.25, -0.2) is 14.6 Å². The predicted molar refractivity (Wildman–Crippen MR) is 141 cm³/mol. The van der Waals surface area contributed by atoms with Gasteiger partial charge in [0.05, 0.1) is 24.0 Å². The highest BCUT2D eigenvalue weighted by molar-refractivity contribution is 7.09. The maximum atomic E-state index is 13.5. The van der Waals surface area contributed by atoms with Crippen molar-refractivity contribution in [3.8, 4) is 0 Å². The number of nitrogens with zero attached hydrogens (tertiary/aromatic N) is 4. The molecule has 1 aromatic carbocycles. The number of aromatic carboxylic acids is 1. The second-order valence-electron chi connectivity index (χ2n) is 9.63. The summed E-state index contributed by atoms with van der Waals surface area (Å²) in [5.74, 6) is 0.0690. The van der Waals surface area contributed by atoms with E-state index >= 15 is 0 Å². The molecule has 3 amide bonds. The summed E-state index contributed by atoms with van der Waals surface area (Å²) in [5.41, 5.74) is 2.27. The van der Waals surface area contributed by atoms with Crippen molar-refractivity contribution in [3.63, 3.8) is 0 Å². The van der Waals surface area contributed by atoms with Crippen LogP contribution in [0.1, 0.15) is 64.9 Å². The number of unbranched alkanes of at least 4 members (excludes halogenated alkanes) is 1. The summed E-state index contributed by atoms with van der Waals surface area (Å²) in [6.45, 7) is 3.42. The summed E-state index contributed by atoms with van der Waals surface area (Å²) < 4.78 is 2.06. The summed E-state index contributed by atoms with van der Waals surface area (Å²) in [7, 11) is 0. The summed E-state index contributed by atoms with van der Waals surface area (Å²) in [4.78, 5) is 46.7. The van der Waals surface area contributed by atoms with Gasteiger partial charge in [-0.05, 0) is 60.4 Å². The van der Waals surface area contributed by atoms with Crippen LogP contribution in [0.4, 0.5) is 4.79 Å². The number of urea groups is 1. The molecule has 2 aliphatic rings. The van der Waals surface area contributed by atoms with Crippen molar-refractivity contribution in [3.05, 3.63) is 81.2 Å². The van der Waals surface area contributed by atoms with E-state index in [1.165, 1.54) is 4.90 Å². The number of carbonyl (C=O) groups is 3. The quantitative estimate of drug-likeness (QED) is 0.276. The Kier molecular flexibility index (Phi) is 7.23. The first-order valence-corrected chi connectivity index (χ1v) is 13.6. The standard InChI is InChI=1S/C28H30N4O4S/c1-2-3-6-25-29-15-22(30(25)16-20-9-11-21(12-10-20)27(34)35)14-24-26(33)32(17-19-7-8-19)28(36)31(24)18-23-5-4-13-37-23/h4-5,9-15,19H,2-3,6-8,16-18H2,1H3,(H,34,35). The Labute approximate surface area is 219 Å². The molecule has 8 nitrogen and oxygen atoms in total. The number of amides is 3. The van der Waals surface area contributed by atoms with Crippen molar-refractivity contribution in [1.82, 2.24) is 19.4 Å². The van der Waals surface area contributed by atoms with Crippen LogP contribution in [0.5, 0.6) is 0 Å². The number of hydrogen-bond donors (Lipinski definition) is 1. The maximum absolute atomic E-state index is 13.5. The van der Waals surface area contributed by atoms with Gasteiger partial charge in [-0.15, -0.1) is 11.3 Å². The number of aromatic nitrogens is 2. The third kappa shape index (κ3) is 5.51. The van der Waals surface area contributed by atoms with Crippen molar-refractivity contribution < 1.29 is 19.5 Å². The molecule has 0 atom stereocenters. The molecule has 192 valence electrons. The summed E-state index contributed by atoms with van der Waals surface area (Å²) in [6, 6.07) is 10.4. The molecule has 9 heteroatoms. The van der Waals surface area contributed by atoms with Crippen LogP contribution in [0.15, 0.2) is 53.7 Å². The molecular formula is C28H30N4O4S. The first-order chi connectivity index (χ1) is 17.9. The van der Waals surface area contributed by atoms with Gasteiger partial charge in [0.1, 0.15) is 11.5 Å². The van der Waals surface area contributed by atoms with Gasteiger partial charge in [0.15, 0.2) is 0 Å². The lowest BCUT2D eigenvalue weighted by Gasteiger charge is -2.16. The van der Waals surface area contributed by atoms with Gasteiger partial charge in [0.25, 0.3) is 5.91 Å². The summed E-state index contributed by atoms with van der Waals surface area (Å²) in [5, 5.41) is 11.2. The monoisotopic (exact) mass is 518 g/mol. The molecule has 0 spiro atoms. The number of thiophene rings is 1. The molecule has 1 saturated heterocycles. The smallest absolute Gasteiger partial charge is 0.335 e. The lowest BCUT2D eigenvalue weighted by atomic mass is 10.1. The number of carboxylic acid groups (broad SMARTS) is 1. The second-order valence-corrected chi connectivity index (χ2v) is 10.7. The zero-order chi connectivity index (χ0) is 25.9. The zero-order valence-corrected chi connectivity index (χ0v) is 21.6. The first-order valence-electron chi connectivity index (χ1n) is 12.7. The van der Waals surface area contributed by atoms with Crippen molar-refractivity contribution in [1.29, 1.82) is 0 Å². The normalized spacial score (nSPS) is 16.8. The number of carboxylic acids is 1. The zero-order valence-electron chi connectivity index (χ0n) is 20.8. The highest BCUT2D eigenvalue weighted by Crippen LogP contribution is 2.34. The fourth-order valence-electron chi connectivity index (χ4n) is 4.50. The molecule has 1 aliphatic heterocycles. The fraction of sp³-hybridized carbons (Fsp3) is 0.357. The SMILES string of the molecule is CCCCc1ncc(C=C2C(=O)N(CC3CC3)C(=O)N2Cc2cccs2)n1Cc1ccc(C(=O)O)cc1. The molecule has 0 unspecified atom stereocenters. The van der Waals surface area contributed by atoms with E-state index in [-0.39, 0.29) is 17.5 Å². The summed E-state index contributed by atoms with van der Waals surface area (Å²) in [6.07, 6.45) is 8.43. The number of aryl methyl sites for hydroxylation is 1. The van der Waals surface area contributed by atoms with Crippen LogP contribution >= 0.6 is 11.3 Å². The third-order valence-electron chi connectivity index (χ3n) is 6.80. The van der Waals surface area contributed by atoms with Crippen molar-refractivity contribution in [2.45, 2.75) is 52.1 Å². The van der Waals surface area contributed by atoms with Gasteiger partial charge >= 0.3 is 12.0 Å². The van der Waals surface area contributed by atoms with E-state index in [0.717, 1.165) is 54.1 Å². The molecule has 2 aromatic heterocycles.